The van der Waals surface area contributed by atoms with E-state index in [0.29, 0.717) is 13.1 Å². The van der Waals surface area contributed by atoms with Crippen molar-refractivity contribution in [2.45, 2.75) is 18.2 Å². The lowest BCUT2D eigenvalue weighted by atomic mass is 10.1. The highest BCUT2D eigenvalue weighted by Gasteiger charge is 2.21. The normalized spacial score (nSPS) is 17.8. The maximum Gasteiger partial charge on any atom is 0.240 e. The average Bonchev–Trinajstić information content (AvgIpc) is 2.98. The van der Waals surface area contributed by atoms with E-state index in [0.717, 1.165) is 18.5 Å². The molecule has 2 rings (SSSR count). The van der Waals surface area contributed by atoms with Crippen LogP contribution in [0.1, 0.15) is 12.0 Å². The van der Waals surface area contributed by atoms with Crippen molar-refractivity contribution in [2.75, 3.05) is 26.2 Å². The van der Waals surface area contributed by atoms with Crippen LogP contribution >= 0.6 is 12.4 Å². The minimum absolute atomic E-state index is 0. The zero-order chi connectivity index (χ0) is 15.3. The van der Waals surface area contributed by atoms with E-state index >= 15 is 0 Å². The fourth-order valence-corrected chi connectivity index (χ4v) is 3.23. The van der Waals surface area contributed by atoms with Crippen molar-refractivity contribution >= 4 is 28.3 Å². The van der Waals surface area contributed by atoms with Gasteiger partial charge in [0.2, 0.25) is 15.9 Å². The first-order chi connectivity index (χ1) is 9.99. The highest BCUT2D eigenvalue weighted by atomic mass is 35.5. The molecule has 0 radical (unpaired) electrons. The topological polar surface area (TPSA) is 87.3 Å². The highest BCUT2D eigenvalue weighted by Crippen LogP contribution is 2.09. The fraction of sp³-hybridized carbons (Fsp3) is 0.500. The molecule has 1 amide bonds. The SMILES string of the molecule is Cc1ccc(S(=O)(=O)NCCNC(=O)C2CCNC2)cc1.Cl. The number of benzene rings is 1. The van der Waals surface area contributed by atoms with Gasteiger partial charge >= 0.3 is 0 Å². The Morgan fingerprint density at radius 2 is 1.95 bits per heavy atom. The second kappa shape index (κ2) is 8.47. The third kappa shape index (κ3) is 5.24. The third-order valence-electron chi connectivity index (χ3n) is 3.48. The summed E-state index contributed by atoms with van der Waals surface area (Å²) in [6, 6.07) is 6.65. The summed E-state index contributed by atoms with van der Waals surface area (Å²) >= 11 is 0. The van der Waals surface area contributed by atoms with Crippen LogP contribution in [-0.2, 0) is 14.8 Å². The van der Waals surface area contributed by atoms with E-state index in [4.69, 9.17) is 0 Å². The lowest BCUT2D eigenvalue weighted by Crippen LogP contribution is -2.38. The van der Waals surface area contributed by atoms with Gasteiger partial charge in [-0.25, -0.2) is 13.1 Å². The number of nitrogens with one attached hydrogen (secondary N) is 3. The van der Waals surface area contributed by atoms with Crippen LogP contribution in [0.2, 0.25) is 0 Å². The van der Waals surface area contributed by atoms with Gasteiger partial charge in [0.25, 0.3) is 0 Å². The Hall–Kier alpha value is -1.15. The van der Waals surface area contributed by atoms with Crippen LogP contribution in [0.4, 0.5) is 0 Å². The summed E-state index contributed by atoms with van der Waals surface area (Å²) in [5.41, 5.74) is 1.01. The molecule has 1 saturated heterocycles. The van der Waals surface area contributed by atoms with Gasteiger partial charge in [-0.05, 0) is 32.0 Å². The molecule has 6 nitrogen and oxygen atoms in total. The summed E-state index contributed by atoms with van der Waals surface area (Å²) in [7, 11) is -3.51. The molecule has 1 aromatic carbocycles. The van der Waals surface area contributed by atoms with E-state index in [-0.39, 0.29) is 35.7 Å². The minimum Gasteiger partial charge on any atom is -0.355 e. The van der Waals surface area contributed by atoms with Gasteiger partial charge in [-0.1, -0.05) is 17.7 Å². The molecular weight excluding hydrogens is 326 g/mol. The molecule has 22 heavy (non-hydrogen) atoms. The van der Waals surface area contributed by atoms with Gasteiger partial charge in [0.05, 0.1) is 10.8 Å². The quantitative estimate of drug-likeness (QED) is 0.651. The molecule has 0 saturated carbocycles. The number of hydrogen-bond acceptors (Lipinski definition) is 4. The van der Waals surface area contributed by atoms with Crippen molar-refractivity contribution < 1.29 is 13.2 Å². The second-order valence-corrected chi connectivity index (χ2v) is 6.96. The van der Waals surface area contributed by atoms with Gasteiger partial charge in [0.1, 0.15) is 0 Å². The van der Waals surface area contributed by atoms with E-state index in [9.17, 15) is 13.2 Å². The van der Waals surface area contributed by atoms with Crippen molar-refractivity contribution in [3.05, 3.63) is 29.8 Å². The molecule has 0 bridgehead atoms. The number of rotatable bonds is 6. The number of sulfonamides is 1. The molecule has 1 unspecified atom stereocenters. The number of hydrogen-bond donors (Lipinski definition) is 3. The fourth-order valence-electron chi connectivity index (χ4n) is 2.19. The van der Waals surface area contributed by atoms with Gasteiger partial charge < -0.3 is 10.6 Å². The van der Waals surface area contributed by atoms with E-state index in [2.05, 4.69) is 15.4 Å². The minimum atomic E-state index is -3.51. The van der Waals surface area contributed by atoms with Crippen LogP contribution in [0.5, 0.6) is 0 Å². The van der Waals surface area contributed by atoms with E-state index in [1.807, 2.05) is 6.92 Å². The zero-order valence-electron chi connectivity index (χ0n) is 12.5. The molecule has 124 valence electrons. The van der Waals surface area contributed by atoms with Crippen LogP contribution in [0.25, 0.3) is 0 Å². The first-order valence-corrected chi connectivity index (χ1v) is 8.52. The standard InChI is InChI=1S/C14H21N3O3S.ClH/c1-11-2-4-13(5-3-11)21(19,20)17-9-8-16-14(18)12-6-7-15-10-12;/h2-5,12,15,17H,6-10H2,1H3,(H,16,18);1H. The number of aryl methyl sites for hydroxylation is 1. The predicted octanol–water partition coefficient (Wildman–Crippen LogP) is 0.421. The molecule has 1 fully saturated rings. The Morgan fingerprint density at radius 3 is 2.55 bits per heavy atom. The average molecular weight is 348 g/mol. The summed E-state index contributed by atoms with van der Waals surface area (Å²) in [6.07, 6.45) is 0.834. The largest absolute Gasteiger partial charge is 0.355 e. The summed E-state index contributed by atoms with van der Waals surface area (Å²) in [5, 5.41) is 5.87. The monoisotopic (exact) mass is 347 g/mol. The molecule has 1 aromatic rings. The Balaban J connectivity index is 0.00000242. The van der Waals surface area contributed by atoms with E-state index in [1.165, 1.54) is 0 Å². The van der Waals surface area contributed by atoms with Crippen LogP contribution in [0, 0.1) is 12.8 Å². The Kier molecular flexibility index (Phi) is 7.28. The third-order valence-corrected chi connectivity index (χ3v) is 4.96. The highest BCUT2D eigenvalue weighted by molar-refractivity contribution is 7.89. The van der Waals surface area contributed by atoms with Gasteiger partial charge in [0.15, 0.2) is 0 Å². The zero-order valence-corrected chi connectivity index (χ0v) is 14.1. The Labute approximate surface area is 137 Å². The van der Waals surface area contributed by atoms with Gasteiger partial charge in [-0.2, -0.15) is 0 Å². The maximum absolute atomic E-state index is 12.0. The van der Waals surface area contributed by atoms with Crippen LogP contribution in [-0.4, -0.2) is 40.5 Å². The number of carbonyl (C=O) groups excluding carboxylic acids is 1. The first kappa shape index (κ1) is 18.9. The summed E-state index contributed by atoms with van der Waals surface area (Å²) in [5.74, 6) is -0.0201. The molecule has 0 aromatic heterocycles. The van der Waals surface area contributed by atoms with Crippen molar-refractivity contribution in [3.8, 4) is 0 Å². The number of halogens is 1. The predicted molar refractivity (Wildman–Crippen MR) is 87.6 cm³/mol. The van der Waals surface area contributed by atoms with Gasteiger partial charge in [-0.3, -0.25) is 4.79 Å². The lowest BCUT2D eigenvalue weighted by Gasteiger charge is -2.11. The Bertz CT molecular complexity index is 584. The summed E-state index contributed by atoms with van der Waals surface area (Å²) < 4.78 is 26.5. The van der Waals surface area contributed by atoms with Crippen molar-refractivity contribution in [3.63, 3.8) is 0 Å². The maximum atomic E-state index is 12.0. The van der Waals surface area contributed by atoms with Crippen LogP contribution in [0.3, 0.4) is 0 Å². The molecule has 3 N–H and O–H groups in total. The van der Waals surface area contributed by atoms with Gasteiger partial charge in [0, 0.05) is 19.6 Å². The van der Waals surface area contributed by atoms with E-state index < -0.39 is 10.0 Å². The second-order valence-electron chi connectivity index (χ2n) is 5.19. The molecule has 8 heteroatoms. The molecule has 0 spiro atoms. The molecular formula is C14H22ClN3O3S. The lowest BCUT2D eigenvalue weighted by molar-refractivity contribution is -0.124. The van der Waals surface area contributed by atoms with Crippen molar-refractivity contribution in [1.29, 1.82) is 0 Å². The van der Waals surface area contributed by atoms with Crippen molar-refractivity contribution in [2.24, 2.45) is 5.92 Å². The summed E-state index contributed by atoms with van der Waals surface area (Å²) in [4.78, 5) is 12.0. The smallest absolute Gasteiger partial charge is 0.240 e. The number of amides is 1. The summed E-state index contributed by atoms with van der Waals surface area (Å²) in [6.45, 7) is 3.93. The Morgan fingerprint density at radius 1 is 1.27 bits per heavy atom. The van der Waals surface area contributed by atoms with E-state index in [1.54, 1.807) is 24.3 Å². The molecule has 1 aliphatic rings. The molecule has 1 atom stereocenters. The molecule has 0 aliphatic carbocycles. The molecule has 1 heterocycles. The molecule has 1 aliphatic heterocycles. The van der Waals surface area contributed by atoms with Gasteiger partial charge in [-0.15, -0.1) is 12.4 Å². The van der Waals surface area contributed by atoms with Crippen molar-refractivity contribution in [1.82, 2.24) is 15.4 Å². The van der Waals surface area contributed by atoms with Crippen LogP contribution in [0.15, 0.2) is 29.2 Å². The number of carbonyl (C=O) groups is 1. The first-order valence-electron chi connectivity index (χ1n) is 7.04. The van der Waals surface area contributed by atoms with Crippen LogP contribution < -0.4 is 15.4 Å².